The van der Waals surface area contributed by atoms with Crippen LogP contribution in [0.3, 0.4) is 0 Å². The molecule has 0 aromatic heterocycles. The second-order valence-electron chi connectivity index (χ2n) is 5.28. The lowest BCUT2D eigenvalue weighted by molar-refractivity contribution is -0.115. The van der Waals surface area contributed by atoms with Gasteiger partial charge in [-0.25, -0.2) is 4.39 Å². The SMILES string of the molecule is CN(Cc1cccc(F)c1)c1cc2c(cc1N)CC(=O)N2. The molecule has 5 heteroatoms. The molecule has 0 fully saturated rings. The third-order valence-electron chi connectivity index (χ3n) is 3.60. The first-order valence-corrected chi connectivity index (χ1v) is 6.71. The Hall–Kier alpha value is -2.56. The fourth-order valence-corrected chi connectivity index (χ4v) is 2.61. The molecule has 0 radical (unpaired) electrons. The van der Waals surface area contributed by atoms with Crippen LogP contribution in [-0.2, 0) is 17.8 Å². The van der Waals surface area contributed by atoms with E-state index in [1.807, 2.05) is 30.1 Å². The van der Waals surface area contributed by atoms with E-state index in [1.165, 1.54) is 12.1 Å². The largest absolute Gasteiger partial charge is 0.397 e. The quantitative estimate of drug-likeness (QED) is 0.852. The van der Waals surface area contributed by atoms with Gasteiger partial charge in [-0.05, 0) is 35.4 Å². The lowest BCUT2D eigenvalue weighted by atomic mass is 10.1. The number of rotatable bonds is 3. The number of amides is 1. The van der Waals surface area contributed by atoms with Gasteiger partial charge in [-0.1, -0.05) is 12.1 Å². The average molecular weight is 285 g/mol. The first-order valence-electron chi connectivity index (χ1n) is 6.71. The summed E-state index contributed by atoms with van der Waals surface area (Å²) in [5.74, 6) is -0.274. The van der Waals surface area contributed by atoms with E-state index in [0.717, 1.165) is 22.5 Å². The van der Waals surface area contributed by atoms with E-state index in [4.69, 9.17) is 5.73 Å². The Balaban J connectivity index is 1.87. The predicted octanol–water partition coefficient (Wildman–Crippen LogP) is 2.54. The fourth-order valence-electron chi connectivity index (χ4n) is 2.61. The number of anilines is 3. The van der Waals surface area contributed by atoms with Crippen molar-refractivity contribution in [3.63, 3.8) is 0 Å². The summed E-state index contributed by atoms with van der Waals surface area (Å²) in [6.45, 7) is 0.536. The van der Waals surface area contributed by atoms with Crippen molar-refractivity contribution in [2.24, 2.45) is 0 Å². The Labute approximate surface area is 122 Å². The van der Waals surface area contributed by atoms with Crippen molar-refractivity contribution in [2.75, 3.05) is 23.0 Å². The van der Waals surface area contributed by atoms with Crippen LogP contribution in [0.1, 0.15) is 11.1 Å². The first-order chi connectivity index (χ1) is 10.0. The fraction of sp³-hybridized carbons (Fsp3) is 0.188. The highest BCUT2D eigenvalue weighted by atomic mass is 19.1. The minimum atomic E-state index is -0.255. The van der Waals surface area contributed by atoms with Crippen molar-refractivity contribution < 1.29 is 9.18 Å². The lowest BCUT2D eigenvalue weighted by Gasteiger charge is -2.22. The number of nitrogens with two attached hydrogens (primary N) is 1. The molecule has 3 rings (SSSR count). The maximum Gasteiger partial charge on any atom is 0.228 e. The van der Waals surface area contributed by atoms with Crippen molar-refractivity contribution in [3.05, 3.63) is 53.3 Å². The number of halogens is 1. The Morgan fingerprint density at radius 1 is 1.33 bits per heavy atom. The predicted molar refractivity (Wildman–Crippen MR) is 81.7 cm³/mol. The molecule has 0 saturated heterocycles. The highest BCUT2D eigenvalue weighted by Crippen LogP contribution is 2.33. The van der Waals surface area contributed by atoms with Crippen LogP contribution in [0.25, 0.3) is 0 Å². The van der Waals surface area contributed by atoms with E-state index >= 15 is 0 Å². The molecule has 2 aromatic carbocycles. The molecule has 4 nitrogen and oxygen atoms in total. The van der Waals surface area contributed by atoms with Gasteiger partial charge < -0.3 is 16.0 Å². The number of hydrogen-bond donors (Lipinski definition) is 2. The molecule has 1 aliphatic rings. The van der Waals surface area contributed by atoms with E-state index in [-0.39, 0.29) is 11.7 Å². The summed E-state index contributed by atoms with van der Waals surface area (Å²) >= 11 is 0. The van der Waals surface area contributed by atoms with Gasteiger partial charge in [-0.3, -0.25) is 4.79 Å². The van der Waals surface area contributed by atoms with Crippen LogP contribution in [0.5, 0.6) is 0 Å². The van der Waals surface area contributed by atoms with Crippen molar-refractivity contribution in [3.8, 4) is 0 Å². The van der Waals surface area contributed by atoms with Crippen LogP contribution in [0.15, 0.2) is 36.4 Å². The highest BCUT2D eigenvalue weighted by molar-refractivity contribution is 6.00. The molecule has 3 N–H and O–H groups in total. The average Bonchev–Trinajstić information content (AvgIpc) is 2.76. The molecule has 0 aliphatic carbocycles. The third-order valence-corrected chi connectivity index (χ3v) is 3.60. The van der Waals surface area contributed by atoms with E-state index in [2.05, 4.69) is 5.32 Å². The van der Waals surface area contributed by atoms with Gasteiger partial charge in [0.15, 0.2) is 0 Å². The Morgan fingerprint density at radius 3 is 2.90 bits per heavy atom. The summed E-state index contributed by atoms with van der Waals surface area (Å²) in [6, 6.07) is 10.2. The molecular formula is C16H16FN3O. The molecule has 1 aliphatic heterocycles. The topological polar surface area (TPSA) is 58.4 Å². The number of carbonyl (C=O) groups excluding carboxylic acids is 1. The number of nitrogen functional groups attached to an aromatic ring is 1. The molecule has 0 saturated carbocycles. The van der Waals surface area contributed by atoms with E-state index in [9.17, 15) is 9.18 Å². The minimum absolute atomic E-state index is 0.0191. The van der Waals surface area contributed by atoms with E-state index in [0.29, 0.717) is 18.7 Å². The zero-order valence-corrected chi connectivity index (χ0v) is 11.7. The monoisotopic (exact) mass is 285 g/mol. The van der Waals surface area contributed by atoms with Gasteiger partial charge >= 0.3 is 0 Å². The van der Waals surface area contributed by atoms with Crippen LogP contribution in [0.2, 0.25) is 0 Å². The number of nitrogens with zero attached hydrogens (tertiary/aromatic N) is 1. The smallest absolute Gasteiger partial charge is 0.228 e. The maximum absolute atomic E-state index is 13.2. The van der Waals surface area contributed by atoms with E-state index in [1.54, 1.807) is 6.07 Å². The lowest BCUT2D eigenvalue weighted by Crippen LogP contribution is -2.18. The van der Waals surface area contributed by atoms with Crippen LogP contribution >= 0.6 is 0 Å². The molecule has 2 aromatic rings. The van der Waals surface area contributed by atoms with Gasteiger partial charge in [0.1, 0.15) is 5.82 Å². The molecule has 0 spiro atoms. The van der Waals surface area contributed by atoms with Crippen molar-refractivity contribution >= 4 is 23.0 Å². The standard InChI is InChI=1S/C16H16FN3O/c1-20(9-10-3-2-4-12(17)5-10)15-8-14-11(6-13(15)18)7-16(21)19-14/h2-6,8H,7,9,18H2,1H3,(H,19,21). The van der Waals surface area contributed by atoms with Crippen LogP contribution in [0.4, 0.5) is 21.5 Å². The van der Waals surface area contributed by atoms with Gasteiger partial charge in [-0.2, -0.15) is 0 Å². The van der Waals surface area contributed by atoms with Crippen LogP contribution in [0, 0.1) is 5.82 Å². The highest BCUT2D eigenvalue weighted by Gasteiger charge is 2.20. The van der Waals surface area contributed by atoms with Crippen LogP contribution in [-0.4, -0.2) is 13.0 Å². The van der Waals surface area contributed by atoms with Crippen LogP contribution < -0.4 is 16.0 Å². The second kappa shape index (κ2) is 5.09. The molecule has 21 heavy (non-hydrogen) atoms. The molecule has 108 valence electrons. The molecule has 0 bridgehead atoms. The summed E-state index contributed by atoms with van der Waals surface area (Å²) in [7, 11) is 1.89. The summed E-state index contributed by atoms with van der Waals surface area (Å²) in [5, 5.41) is 2.81. The summed E-state index contributed by atoms with van der Waals surface area (Å²) in [4.78, 5) is 13.4. The molecule has 1 heterocycles. The molecule has 1 amide bonds. The zero-order valence-electron chi connectivity index (χ0n) is 11.7. The van der Waals surface area contributed by atoms with Gasteiger partial charge in [-0.15, -0.1) is 0 Å². The summed E-state index contributed by atoms with van der Waals surface area (Å²) in [6.07, 6.45) is 0.368. The Morgan fingerprint density at radius 2 is 2.14 bits per heavy atom. The normalized spacial score (nSPS) is 13.0. The van der Waals surface area contributed by atoms with Gasteiger partial charge in [0, 0.05) is 19.3 Å². The Kier molecular flexibility index (Phi) is 3.25. The summed E-state index contributed by atoms with van der Waals surface area (Å²) < 4.78 is 13.2. The van der Waals surface area contributed by atoms with Gasteiger partial charge in [0.05, 0.1) is 17.8 Å². The number of carbonyl (C=O) groups is 1. The van der Waals surface area contributed by atoms with Crippen molar-refractivity contribution in [2.45, 2.75) is 13.0 Å². The minimum Gasteiger partial charge on any atom is -0.397 e. The molecule has 0 unspecified atom stereocenters. The summed E-state index contributed by atoms with van der Waals surface area (Å²) in [5.41, 5.74) is 10.1. The number of fused-ring (bicyclic) bond motifs is 1. The van der Waals surface area contributed by atoms with Crippen molar-refractivity contribution in [1.82, 2.24) is 0 Å². The van der Waals surface area contributed by atoms with Gasteiger partial charge in [0.2, 0.25) is 5.91 Å². The Bertz CT molecular complexity index is 715. The maximum atomic E-state index is 13.2. The third kappa shape index (κ3) is 2.67. The van der Waals surface area contributed by atoms with Gasteiger partial charge in [0.25, 0.3) is 0 Å². The molecular weight excluding hydrogens is 269 g/mol. The van der Waals surface area contributed by atoms with E-state index < -0.39 is 0 Å². The van der Waals surface area contributed by atoms with Crippen molar-refractivity contribution in [1.29, 1.82) is 0 Å². The number of hydrogen-bond acceptors (Lipinski definition) is 3. The molecule has 0 atom stereocenters. The second-order valence-corrected chi connectivity index (χ2v) is 5.28. The number of benzene rings is 2. The number of nitrogens with one attached hydrogen (secondary N) is 1. The first kappa shape index (κ1) is 13.4. The zero-order chi connectivity index (χ0) is 15.0.